The van der Waals surface area contributed by atoms with Crippen molar-refractivity contribution in [3.8, 4) is 0 Å². The van der Waals surface area contributed by atoms with Crippen LogP contribution in [0.25, 0.3) is 0 Å². The largest absolute Gasteiger partial charge is 0.444 e. The molecule has 0 saturated carbocycles. The van der Waals surface area contributed by atoms with E-state index in [4.69, 9.17) is 4.74 Å². The van der Waals surface area contributed by atoms with Crippen LogP contribution in [0.5, 0.6) is 0 Å². The summed E-state index contributed by atoms with van der Waals surface area (Å²) in [4.78, 5) is 41.7. The van der Waals surface area contributed by atoms with Gasteiger partial charge in [0.1, 0.15) is 17.7 Å². The minimum atomic E-state index is -0.948. The van der Waals surface area contributed by atoms with Crippen LogP contribution >= 0.6 is 12.6 Å². The van der Waals surface area contributed by atoms with Gasteiger partial charge < -0.3 is 20.3 Å². The molecule has 0 radical (unpaired) electrons. The van der Waals surface area contributed by atoms with E-state index >= 15 is 0 Å². The summed E-state index contributed by atoms with van der Waals surface area (Å²) in [6.07, 6.45) is 1.71. The molecule has 3 amide bonds. The van der Waals surface area contributed by atoms with Crippen LogP contribution in [-0.2, 0) is 14.3 Å². The van der Waals surface area contributed by atoms with Crippen molar-refractivity contribution >= 4 is 30.5 Å². The summed E-state index contributed by atoms with van der Waals surface area (Å²) in [6, 6.07) is 3.83. The summed E-state index contributed by atoms with van der Waals surface area (Å²) >= 11 is 4.34. The molecule has 2 N–H and O–H groups in total. The predicted octanol–water partition coefficient (Wildman–Crippen LogP) is 5.10. The smallest absolute Gasteiger partial charge is 0.408 e. The van der Waals surface area contributed by atoms with E-state index in [-0.39, 0.29) is 29.7 Å². The van der Waals surface area contributed by atoms with E-state index in [1.807, 2.05) is 52.8 Å². The van der Waals surface area contributed by atoms with E-state index in [0.29, 0.717) is 6.42 Å². The Balaban J connectivity index is 3.52. The number of benzene rings is 1. The van der Waals surface area contributed by atoms with Gasteiger partial charge in [-0.25, -0.2) is 4.79 Å². The molecule has 198 valence electrons. The highest BCUT2D eigenvalue weighted by molar-refractivity contribution is 7.80. The van der Waals surface area contributed by atoms with Crippen LogP contribution in [0.2, 0.25) is 0 Å². The Labute approximate surface area is 217 Å². The highest BCUT2D eigenvalue weighted by Crippen LogP contribution is 2.29. The highest BCUT2D eigenvalue weighted by Gasteiger charge is 2.39. The van der Waals surface area contributed by atoms with Gasteiger partial charge in [0, 0.05) is 17.8 Å². The first-order valence-corrected chi connectivity index (χ1v) is 13.2. The molecular weight excluding hydrogens is 462 g/mol. The number of thiol groups is 1. The van der Waals surface area contributed by atoms with Crippen LogP contribution in [0.1, 0.15) is 90.5 Å². The van der Waals surface area contributed by atoms with Crippen LogP contribution in [0.4, 0.5) is 4.79 Å². The Morgan fingerprint density at radius 2 is 1.71 bits per heavy atom. The highest BCUT2D eigenvalue weighted by atomic mass is 32.1. The molecule has 4 atom stereocenters. The summed E-state index contributed by atoms with van der Waals surface area (Å²) < 4.78 is 5.36. The van der Waals surface area contributed by atoms with E-state index < -0.39 is 23.8 Å². The molecule has 7 nitrogen and oxygen atoms in total. The molecule has 0 spiro atoms. The lowest BCUT2D eigenvalue weighted by molar-refractivity contribution is -0.145. The van der Waals surface area contributed by atoms with E-state index in [1.54, 1.807) is 25.7 Å². The topological polar surface area (TPSA) is 87.7 Å². The summed E-state index contributed by atoms with van der Waals surface area (Å²) in [5, 5.41) is 5.76. The van der Waals surface area contributed by atoms with Crippen molar-refractivity contribution in [3.05, 3.63) is 34.9 Å². The van der Waals surface area contributed by atoms with Gasteiger partial charge in [0.2, 0.25) is 11.8 Å². The van der Waals surface area contributed by atoms with E-state index in [0.717, 1.165) is 29.5 Å². The van der Waals surface area contributed by atoms with Gasteiger partial charge in [-0.3, -0.25) is 9.59 Å². The molecule has 1 rings (SSSR count). The molecule has 0 aliphatic carbocycles. The van der Waals surface area contributed by atoms with Gasteiger partial charge in [-0.15, -0.1) is 0 Å². The zero-order valence-electron chi connectivity index (χ0n) is 22.9. The first-order valence-electron chi connectivity index (χ1n) is 12.6. The maximum absolute atomic E-state index is 13.9. The van der Waals surface area contributed by atoms with Crippen molar-refractivity contribution in [3.63, 3.8) is 0 Å². The average molecular weight is 508 g/mol. The molecule has 0 aliphatic rings. The van der Waals surface area contributed by atoms with Gasteiger partial charge in [0.05, 0.1) is 0 Å². The molecule has 0 aromatic heterocycles. The van der Waals surface area contributed by atoms with Crippen LogP contribution in [-0.4, -0.2) is 52.3 Å². The number of aryl methyl sites for hydroxylation is 2. The predicted molar refractivity (Wildman–Crippen MR) is 145 cm³/mol. The Kier molecular flexibility index (Phi) is 12.1. The lowest BCUT2D eigenvalue weighted by Gasteiger charge is -2.39. The Bertz CT molecular complexity index is 868. The summed E-state index contributed by atoms with van der Waals surface area (Å²) in [6.45, 7) is 17.1. The molecule has 0 aliphatic heterocycles. The Hall–Kier alpha value is -2.22. The number of hydrogen-bond acceptors (Lipinski definition) is 5. The molecule has 1 aromatic carbocycles. The number of hydrogen-bond donors (Lipinski definition) is 3. The first kappa shape index (κ1) is 30.8. The van der Waals surface area contributed by atoms with Gasteiger partial charge >= 0.3 is 6.09 Å². The number of carbonyl (C=O) groups excluding carboxylic acids is 3. The van der Waals surface area contributed by atoms with Gasteiger partial charge in [-0.1, -0.05) is 44.0 Å². The molecule has 0 saturated heterocycles. The number of ether oxygens (including phenoxy) is 1. The normalized spacial score (nSPS) is 14.9. The number of rotatable bonds is 11. The summed E-state index contributed by atoms with van der Waals surface area (Å²) in [5.41, 5.74) is 1.98. The van der Waals surface area contributed by atoms with E-state index in [1.165, 1.54) is 0 Å². The molecule has 4 unspecified atom stereocenters. The van der Waals surface area contributed by atoms with Crippen LogP contribution in [0.15, 0.2) is 18.2 Å². The molecule has 35 heavy (non-hydrogen) atoms. The molecule has 8 heteroatoms. The van der Waals surface area contributed by atoms with Crippen molar-refractivity contribution in [2.45, 2.75) is 111 Å². The third-order valence-electron chi connectivity index (χ3n) is 5.86. The van der Waals surface area contributed by atoms with Gasteiger partial charge in [0.15, 0.2) is 0 Å². The van der Waals surface area contributed by atoms with Crippen molar-refractivity contribution in [1.29, 1.82) is 0 Å². The molecule has 0 bridgehead atoms. The quantitative estimate of drug-likeness (QED) is 0.364. The number of carbonyl (C=O) groups is 3. The SMILES string of the molecule is CCCC(C)NC(=O)C(c1cc(C)ccc1C)N(C(=O)C(CS)NC(=O)OC(C)(C)C)C(C)CC. The minimum Gasteiger partial charge on any atom is -0.444 e. The Morgan fingerprint density at radius 1 is 1.09 bits per heavy atom. The van der Waals surface area contributed by atoms with E-state index in [2.05, 4.69) is 30.2 Å². The van der Waals surface area contributed by atoms with Gasteiger partial charge in [-0.05, 0) is 72.4 Å². The third-order valence-corrected chi connectivity index (χ3v) is 6.22. The van der Waals surface area contributed by atoms with Crippen LogP contribution in [0.3, 0.4) is 0 Å². The Morgan fingerprint density at radius 3 is 2.23 bits per heavy atom. The third kappa shape index (κ3) is 9.39. The van der Waals surface area contributed by atoms with Crippen LogP contribution in [0, 0.1) is 13.8 Å². The standard InChI is InChI=1S/C27H45N3O4S/c1-10-12-19(5)28-24(31)23(21-15-17(3)13-14-18(21)4)30(20(6)11-2)25(32)22(16-35)29-26(33)34-27(7,8)9/h13-15,19-20,22-23,35H,10-12,16H2,1-9H3,(H,28,31)(H,29,33). The van der Waals surface area contributed by atoms with Crippen molar-refractivity contribution in [2.24, 2.45) is 0 Å². The maximum atomic E-state index is 13.9. The van der Waals surface area contributed by atoms with Crippen LogP contribution < -0.4 is 10.6 Å². The van der Waals surface area contributed by atoms with Gasteiger partial charge in [-0.2, -0.15) is 12.6 Å². The lowest BCUT2D eigenvalue weighted by atomic mass is 9.94. The van der Waals surface area contributed by atoms with Gasteiger partial charge in [0.25, 0.3) is 0 Å². The summed E-state index contributed by atoms with van der Waals surface area (Å²) in [7, 11) is 0. The van der Waals surface area contributed by atoms with Crippen molar-refractivity contribution in [2.75, 3.05) is 5.75 Å². The number of amides is 3. The van der Waals surface area contributed by atoms with Crippen molar-refractivity contribution < 1.29 is 19.1 Å². The number of nitrogens with zero attached hydrogens (tertiary/aromatic N) is 1. The lowest BCUT2D eigenvalue weighted by Crippen LogP contribution is -2.56. The monoisotopic (exact) mass is 507 g/mol. The molecular formula is C27H45N3O4S. The fraction of sp³-hybridized carbons (Fsp3) is 0.667. The molecule has 0 fully saturated rings. The second kappa shape index (κ2) is 13.8. The fourth-order valence-electron chi connectivity index (χ4n) is 3.91. The molecule has 0 heterocycles. The van der Waals surface area contributed by atoms with E-state index in [9.17, 15) is 14.4 Å². The minimum absolute atomic E-state index is 0.0328. The number of alkyl carbamates (subject to hydrolysis) is 1. The first-order chi connectivity index (χ1) is 16.2. The van der Waals surface area contributed by atoms with Crippen molar-refractivity contribution in [1.82, 2.24) is 15.5 Å². The average Bonchev–Trinajstić information content (AvgIpc) is 2.75. The zero-order chi connectivity index (χ0) is 26.9. The zero-order valence-corrected chi connectivity index (χ0v) is 23.8. The maximum Gasteiger partial charge on any atom is 0.408 e. The second-order valence-electron chi connectivity index (χ2n) is 10.3. The fourth-order valence-corrected chi connectivity index (χ4v) is 4.16. The summed E-state index contributed by atoms with van der Waals surface area (Å²) in [5.74, 6) is -0.536. The number of nitrogens with one attached hydrogen (secondary N) is 2. The molecule has 1 aromatic rings. The second-order valence-corrected chi connectivity index (χ2v) is 10.7.